The molecule has 5 nitrogen and oxygen atoms in total. The number of halogens is 2. The number of aliphatic hydroxyl groups is 1. The summed E-state index contributed by atoms with van der Waals surface area (Å²) in [6, 6.07) is 1.61. The van der Waals surface area contributed by atoms with Crippen molar-refractivity contribution >= 4 is 15.7 Å². The van der Waals surface area contributed by atoms with Gasteiger partial charge in [-0.2, -0.15) is 4.31 Å². The molecular weight excluding hydrogens is 266 g/mol. The highest BCUT2D eigenvalue weighted by Crippen LogP contribution is 2.28. The van der Waals surface area contributed by atoms with Crippen molar-refractivity contribution in [3.05, 3.63) is 23.8 Å². The van der Waals surface area contributed by atoms with Gasteiger partial charge >= 0.3 is 0 Å². The SMILES string of the molecule is Nc1cc(F)c(F)c(S(=O)(=O)N2CC(CO)C2)c1. The fourth-order valence-corrected chi connectivity index (χ4v) is 3.45. The van der Waals surface area contributed by atoms with E-state index < -0.39 is 26.6 Å². The van der Waals surface area contributed by atoms with Crippen LogP contribution in [0.15, 0.2) is 17.0 Å². The lowest BCUT2D eigenvalue weighted by molar-refractivity contribution is 0.117. The molecule has 0 atom stereocenters. The molecule has 1 aliphatic rings. The van der Waals surface area contributed by atoms with Crippen LogP contribution in [0.2, 0.25) is 0 Å². The van der Waals surface area contributed by atoms with Gasteiger partial charge in [0.2, 0.25) is 10.0 Å². The Balaban J connectivity index is 2.37. The van der Waals surface area contributed by atoms with Crippen molar-refractivity contribution in [3.63, 3.8) is 0 Å². The van der Waals surface area contributed by atoms with Crippen molar-refractivity contribution in [2.45, 2.75) is 4.90 Å². The van der Waals surface area contributed by atoms with Crippen molar-refractivity contribution in [3.8, 4) is 0 Å². The summed E-state index contributed by atoms with van der Waals surface area (Å²) in [5.74, 6) is -2.89. The number of nitrogens with two attached hydrogens (primary N) is 1. The van der Waals surface area contributed by atoms with Crippen LogP contribution >= 0.6 is 0 Å². The van der Waals surface area contributed by atoms with Gasteiger partial charge in [0.15, 0.2) is 11.6 Å². The monoisotopic (exact) mass is 278 g/mol. The third kappa shape index (κ3) is 2.06. The summed E-state index contributed by atoms with van der Waals surface area (Å²) in [6.07, 6.45) is 0. The Morgan fingerprint density at radius 3 is 2.56 bits per heavy atom. The van der Waals surface area contributed by atoms with Gasteiger partial charge in [0.05, 0.1) is 0 Å². The first-order chi connectivity index (χ1) is 8.36. The minimum Gasteiger partial charge on any atom is -0.399 e. The number of nitrogens with zero attached hydrogens (tertiary/aromatic N) is 1. The van der Waals surface area contributed by atoms with Crippen molar-refractivity contribution in [1.29, 1.82) is 0 Å². The van der Waals surface area contributed by atoms with E-state index in [4.69, 9.17) is 10.8 Å². The van der Waals surface area contributed by atoms with Crippen molar-refractivity contribution in [2.75, 3.05) is 25.4 Å². The maximum absolute atomic E-state index is 13.5. The third-order valence-electron chi connectivity index (χ3n) is 2.82. The highest BCUT2D eigenvalue weighted by molar-refractivity contribution is 7.89. The van der Waals surface area contributed by atoms with Gasteiger partial charge in [-0.3, -0.25) is 0 Å². The van der Waals surface area contributed by atoms with Gasteiger partial charge < -0.3 is 10.8 Å². The first-order valence-electron chi connectivity index (χ1n) is 5.21. The summed E-state index contributed by atoms with van der Waals surface area (Å²) in [6.45, 7) is 0.0448. The Labute approximate surface area is 103 Å². The van der Waals surface area contributed by atoms with Crippen LogP contribution < -0.4 is 5.73 Å². The van der Waals surface area contributed by atoms with E-state index in [1.165, 1.54) is 0 Å². The standard InChI is InChI=1S/C10H12F2N2O3S/c11-8-1-7(13)2-9(10(8)12)18(16,17)14-3-6(4-14)5-15/h1-2,6,15H,3-5,13H2. The van der Waals surface area contributed by atoms with Crippen molar-refractivity contribution < 1.29 is 22.3 Å². The maximum Gasteiger partial charge on any atom is 0.246 e. The first kappa shape index (κ1) is 13.2. The number of aliphatic hydroxyl groups excluding tert-OH is 1. The number of rotatable bonds is 3. The predicted octanol–water partition coefficient (Wildman–Crippen LogP) is 0.160. The fourth-order valence-electron chi connectivity index (χ4n) is 1.74. The van der Waals surface area contributed by atoms with Crippen LogP contribution in [0.25, 0.3) is 0 Å². The van der Waals surface area contributed by atoms with Gasteiger partial charge in [-0.25, -0.2) is 17.2 Å². The molecule has 0 spiro atoms. The molecule has 0 saturated carbocycles. The van der Waals surface area contributed by atoms with Crippen LogP contribution in [0.3, 0.4) is 0 Å². The number of nitrogen functional groups attached to an aromatic ring is 1. The van der Waals surface area contributed by atoms with Crippen LogP contribution in [-0.4, -0.2) is 37.5 Å². The van der Waals surface area contributed by atoms with E-state index in [1.54, 1.807) is 0 Å². The highest BCUT2D eigenvalue weighted by atomic mass is 32.2. The molecule has 1 saturated heterocycles. The smallest absolute Gasteiger partial charge is 0.246 e. The summed E-state index contributed by atoms with van der Waals surface area (Å²) < 4.78 is 51.6. The van der Waals surface area contributed by atoms with E-state index in [9.17, 15) is 17.2 Å². The average Bonchev–Trinajstić information content (AvgIpc) is 2.21. The Bertz CT molecular complexity index is 571. The van der Waals surface area contributed by atoms with Gasteiger partial charge in [-0.1, -0.05) is 0 Å². The van der Waals surface area contributed by atoms with Crippen molar-refractivity contribution in [1.82, 2.24) is 4.31 Å². The predicted molar refractivity (Wildman–Crippen MR) is 60.1 cm³/mol. The molecule has 0 amide bonds. The molecular formula is C10H12F2N2O3S. The summed E-state index contributed by atoms with van der Waals surface area (Å²) in [5, 5.41) is 8.81. The lowest BCUT2D eigenvalue weighted by atomic mass is 10.1. The van der Waals surface area contributed by atoms with Crippen LogP contribution in [0.5, 0.6) is 0 Å². The van der Waals surface area contributed by atoms with E-state index >= 15 is 0 Å². The minimum absolute atomic E-state index is 0.0920. The molecule has 100 valence electrons. The number of hydrogen-bond acceptors (Lipinski definition) is 4. The van der Waals surface area contributed by atoms with E-state index in [0.717, 1.165) is 16.4 Å². The number of sulfonamides is 1. The Hall–Kier alpha value is -1.25. The van der Waals surface area contributed by atoms with E-state index in [2.05, 4.69) is 0 Å². The lowest BCUT2D eigenvalue weighted by Crippen LogP contribution is -2.51. The van der Waals surface area contributed by atoms with Gasteiger partial charge in [-0.05, 0) is 12.1 Å². The average molecular weight is 278 g/mol. The van der Waals surface area contributed by atoms with Crippen LogP contribution in [0.1, 0.15) is 0 Å². The molecule has 1 aromatic carbocycles. The molecule has 0 unspecified atom stereocenters. The van der Waals surface area contributed by atoms with Crippen LogP contribution in [0, 0.1) is 17.6 Å². The van der Waals surface area contributed by atoms with Crippen LogP contribution in [-0.2, 0) is 10.0 Å². The molecule has 0 aliphatic carbocycles. The molecule has 3 N–H and O–H groups in total. The molecule has 0 radical (unpaired) electrons. The van der Waals surface area contributed by atoms with Gasteiger partial charge in [0.1, 0.15) is 4.90 Å². The maximum atomic E-state index is 13.5. The topological polar surface area (TPSA) is 83.6 Å². The zero-order valence-electron chi connectivity index (χ0n) is 9.31. The Morgan fingerprint density at radius 1 is 1.39 bits per heavy atom. The summed E-state index contributed by atoms with van der Waals surface area (Å²) in [4.78, 5) is -0.767. The molecule has 18 heavy (non-hydrogen) atoms. The van der Waals surface area contributed by atoms with E-state index in [0.29, 0.717) is 0 Å². The van der Waals surface area contributed by atoms with Crippen molar-refractivity contribution in [2.24, 2.45) is 5.92 Å². The molecule has 1 fully saturated rings. The number of benzene rings is 1. The molecule has 0 bridgehead atoms. The summed E-state index contributed by atoms with van der Waals surface area (Å²) >= 11 is 0. The fraction of sp³-hybridized carbons (Fsp3) is 0.400. The summed E-state index contributed by atoms with van der Waals surface area (Å²) in [7, 11) is -4.09. The third-order valence-corrected chi connectivity index (χ3v) is 4.65. The van der Waals surface area contributed by atoms with Gasteiger partial charge in [0.25, 0.3) is 0 Å². The van der Waals surface area contributed by atoms with Gasteiger partial charge in [0, 0.05) is 31.3 Å². The zero-order valence-corrected chi connectivity index (χ0v) is 10.1. The quantitative estimate of drug-likeness (QED) is 0.771. The molecule has 1 aliphatic heterocycles. The molecule has 1 heterocycles. The second-order valence-corrected chi connectivity index (χ2v) is 6.09. The zero-order chi connectivity index (χ0) is 13.5. The molecule has 2 rings (SSSR count). The Kier molecular flexibility index (Phi) is 3.26. The summed E-state index contributed by atoms with van der Waals surface area (Å²) in [5.41, 5.74) is 5.15. The Morgan fingerprint density at radius 2 is 2.00 bits per heavy atom. The van der Waals surface area contributed by atoms with E-state index in [1.807, 2.05) is 0 Å². The molecule has 0 aromatic heterocycles. The normalized spacial score (nSPS) is 17.7. The largest absolute Gasteiger partial charge is 0.399 e. The number of anilines is 1. The molecule has 8 heteroatoms. The van der Waals surface area contributed by atoms with E-state index in [-0.39, 0.29) is 31.3 Å². The minimum atomic E-state index is -4.09. The van der Waals surface area contributed by atoms with Crippen LogP contribution in [0.4, 0.5) is 14.5 Å². The first-order valence-corrected chi connectivity index (χ1v) is 6.65. The van der Waals surface area contributed by atoms with Gasteiger partial charge in [-0.15, -0.1) is 0 Å². The second kappa shape index (κ2) is 4.45. The molecule has 1 aromatic rings. The second-order valence-electron chi connectivity index (χ2n) is 4.19. The highest BCUT2D eigenvalue weighted by Gasteiger charge is 2.38. The number of hydrogen-bond donors (Lipinski definition) is 2. The lowest BCUT2D eigenvalue weighted by Gasteiger charge is -2.36.